The fourth-order valence-electron chi connectivity index (χ4n) is 3.93. The third kappa shape index (κ3) is 3.95. The summed E-state index contributed by atoms with van der Waals surface area (Å²) in [5, 5.41) is 3.75. The molecule has 143 valence electrons. The standard InChI is InChI=1S/C25H18N.2ClH.Cr/c1-17-20(23-12-4-8-18-7-2-3-11-22(18)23)14-15-21(17)24-13-5-9-19-10-6-16-26-25(19)24;;;/h2-16H,1H3;2*1H;/q-1;;;+3/p-2. The largest absolute Gasteiger partial charge is 3.00 e. The Balaban J connectivity index is 0.000001000. The molecule has 4 aromatic carbocycles. The van der Waals surface area contributed by atoms with Crippen molar-refractivity contribution in [2.24, 2.45) is 0 Å². The van der Waals surface area contributed by atoms with E-state index in [9.17, 15) is 0 Å². The third-order valence-corrected chi connectivity index (χ3v) is 5.23. The average molecular weight is 455 g/mol. The molecule has 0 aliphatic carbocycles. The van der Waals surface area contributed by atoms with Gasteiger partial charge in [0.15, 0.2) is 0 Å². The van der Waals surface area contributed by atoms with Crippen LogP contribution in [0.3, 0.4) is 0 Å². The first-order valence-corrected chi connectivity index (χ1v) is 8.91. The summed E-state index contributed by atoms with van der Waals surface area (Å²) >= 11 is 0. The van der Waals surface area contributed by atoms with Gasteiger partial charge in [0, 0.05) is 11.7 Å². The topological polar surface area (TPSA) is 12.9 Å². The van der Waals surface area contributed by atoms with E-state index in [4.69, 9.17) is 0 Å². The van der Waals surface area contributed by atoms with E-state index in [-0.39, 0.29) is 42.2 Å². The Labute approximate surface area is 194 Å². The summed E-state index contributed by atoms with van der Waals surface area (Å²) < 4.78 is 0. The minimum Gasteiger partial charge on any atom is -1.00 e. The first-order chi connectivity index (χ1) is 12.8. The minimum atomic E-state index is 0. The summed E-state index contributed by atoms with van der Waals surface area (Å²) in [6, 6.07) is 30.1. The predicted octanol–water partition coefficient (Wildman–Crippen LogP) is 0.755. The van der Waals surface area contributed by atoms with Crippen molar-refractivity contribution in [3.63, 3.8) is 0 Å². The number of hydrogen-bond acceptors (Lipinski definition) is 1. The van der Waals surface area contributed by atoms with Crippen LogP contribution in [-0.4, -0.2) is 4.98 Å². The van der Waals surface area contributed by atoms with Gasteiger partial charge >= 0.3 is 17.4 Å². The number of para-hydroxylation sites is 1. The van der Waals surface area contributed by atoms with Gasteiger partial charge in [-0.3, -0.25) is 4.98 Å². The Kier molecular flexibility index (Phi) is 7.58. The quantitative estimate of drug-likeness (QED) is 0.359. The van der Waals surface area contributed by atoms with Crippen molar-refractivity contribution in [1.29, 1.82) is 0 Å². The monoisotopic (exact) mass is 454 g/mol. The summed E-state index contributed by atoms with van der Waals surface area (Å²) in [5.74, 6) is 0. The van der Waals surface area contributed by atoms with Gasteiger partial charge in [0.05, 0.1) is 0 Å². The Morgan fingerprint density at radius 2 is 1.38 bits per heavy atom. The Morgan fingerprint density at radius 3 is 2.24 bits per heavy atom. The van der Waals surface area contributed by atoms with Crippen LogP contribution in [0.25, 0.3) is 43.9 Å². The molecule has 0 fully saturated rings. The molecular weight excluding hydrogens is 437 g/mol. The third-order valence-electron chi connectivity index (χ3n) is 5.23. The molecule has 0 unspecified atom stereocenters. The predicted molar refractivity (Wildman–Crippen MR) is 110 cm³/mol. The maximum Gasteiger partial charge on any atom is 3.00 e. The normalized spacial score (nSPS) is 10.1. The van der Waals surface area contributed by atoms with Crippen LogP contribution in [0.5, 0.6) is 0 Å². The molecule has 0 aliphatic rings. The van der Waals surface area contributed by atoms with Crippen molar-refractivity contribution < 1.29 is 42.2 Å². The summed E-state index contributed by atoms with van der Waals surface area (Å²) in [6.07, 6.45) is 1.87. The molecule has 1 radical (unpaired) electrons. The molecule has 1 aromatic heterocycles. The first-order valence-electron chi connectivity index (χ1n) is 8.91. The molecule has 1 heterocycles. The molecule has 5 aromatic rings. The van der Waals surface area contributed by atoms with Gasteiger partial charge in [0.2, 0.25) is 0 Å². The molecule has 0 saturated heterocycles. The van der Waals surface area contributed by atoms with Crippen molar-refractivity contribution >= 4 is 21.7 Å². The summed E-state index contributed by atoms with van der Waals surface area (Å²) in [6.45, 7) is 2.22. The van der Waals surface area contributed by atoms with Crippen molar-refractivity contribution in [2.75, 3.05) is 0 Å². The Hall–Kier alpha value is -2.21. The smallest absolute Gasteiger partial charge is 1.00 e. The van der Waals surface area contributed by atoms with Crippen molar-refractivity contribution in [2.45, 2.75) is 6.92 Å². The molecule has 4 heteroatoms. The van der Waals surface area contributed by atoms with Gasteiger partial charge in [-0.05, 0) is 22.2 Å². The van der Waals surface area contributed by atoms with Gasteiger partial charge in [0.25, 0.3) is 0 Å². The van der Waals surface area contributed by atoms with Crippen molar-refractivity contribution in [3.05, 3.63) is 96.7 Å². The van der Waals surface area contributed by atoms with E-state index < -0.39 is 0 Å². The zero-order valence-electron chi connectivity index (χ0n) is 15.8. The fraction of sp³-hybridized carbons (Fsp3) is 0.0400. The molecule has 1 nitrogen and oxygen atoms in total. The van der Waals surface area contributed by atoms with Gasteiger partial charge in [0.1, 0.15) is 0 Å². The van der Waals surface area contributed by atoms with Gasteiger partial charge in [-0.2, -0.15) is 0 Å². The van der Waals surface area contributed by atoms with E-state index in [0.717, 1.165) is 5.52 Å². The van der Waals surface area contributed by atoms with Gasteiger partial charge in [-0.25, -0.2) is 0 Å². The average Bonchev–Trinajstić information content (AvgIpc) is 3.08. The maximum atomic E-state index is 4.63. The molecule has 0 amide bonds. The number of benzene rings is 3. The summed E-state index contributed by atoms with van der Waals surface area (Å²) in [4.78, 5) is 4.63. The van der Waals surface area contributed by atoms with Crippen LogP contribution in [0.2, 0.25) is 0 Å². The van der Waals surface area contributed by atoms with E-state index >= 15 is 0 Å². The Morgan fingerprint density at radius 1 is 0.690 bits per heavy atom. The molecule has 0 spiro atoms. The number of pyridine rings is 1. The second kappa shape index (κ2) is 9.53. The van der Waals surface area contributed by atoms with Crippen LogP contribution in [0.4, 0.5) is 0 Å². The van der Waals surface area contributed by atoms with Crippen molar-refractivity contribution in [3.8, 4) is 22.3 Å². The van der Waals surface area contributed by atoms with Crippen LogP contribution >= 0.6 is 0 Å². The summed E-state index contributed by atoms with van der Waals surface area (Å²) in [7, 11) is 0. The molecule has 5 rings (SSSR count). The molecular formula is C25H18Cl2CrN. The first kappa shape index (κ1) is 23.1. The van der Waals surface area contributed by atoms with Crippen LogP contribution in [-0.2, 0) is 17.4 Å². The van der Waals surface area contributed by atoms with E-state index in [1.165, 1.54) is 44.0 Å². The molecule has 0 saturated carbocycles. The molecule has 0 atom stereocenters. The number of nitrogens with zero attached hydrogens (tertiary/aromatic N) is 1. The van der Waals surface area contributed by atoms with Crippen molar-refractivity contribution in [1.82, 2.24) is 4.98 Å². The number of hydrogen-bond donors (Lipinski definition) is 0. The zero-order valence-corrected chi connectivity index (χ0v) is 18.6. The molecule has 0 bridgehead atoms. The second-order valence-electron chi connectivity index (χ2n) is 6.69. The van der Waals surface area contributed by atoms with Crippen LogP contribution in [0.1, 0.15) is 5.56 Å². The van der Waals surface area contributed by atoms with E-state index in [1.54, 1.807) is 0 Å². The molecule has 0 N–H and O–H groups in total. The van der Waals surface area contributed by atoms with E-state index in [0.29, 0.717) is 0 Å². The fourth-order valence-corrected chi connectivity index (χ4v) is 3.93. The Bertz CT molecular complexity index is 1150. The van der Waals surface area contributed by atoms with E-state index in [2.05, 4.69) is 90.8 Å². The van der Waals surface area contributed by atoms with E-state index in [1.807, 2.05) is 12.3 Å². The molecule has 29 heavy (non-hydrogen) atoms. The van der Waals surface area contributed by atoms with Crippen LogP contribution in [0.15, 0.2) is 91.1 Å². The van der Waals surface area contributed by atoms with Crippen LogP contribution < -0.4 is 24.8 Å². The number of aromatic nitrogens is 1. The maximum absolute atomic E-state index is 4.63. The van der Waals surface area contributed by atoms with Crippen LogP contribution in [0, 0.1) is 6.92 Å². The number of halogens is 2. The minimum absolute atomic E-state index is 0. The second-order valence-corrected chi connectivity index (χ2v) is 6.69. The SMILES string of the molecule is Cc1c(-c2cccc3ccccc23)cc[c-]1-c1cccc2cccnc12.[Cl-].[Cl-].[Cr+3]. The summed E-state index contributed by atoms with van der Waals surface area (Å²) in [5.41, 5.74) is 7.42. The van der Waals surface area contributed by atoms with Gasteiger partial charge in [-0.1, -0.05) is 84.3 Å². The number of fused-ring (bicyclic) bond motifs is 2. The van der Waals surface area contributed by atoms with Gasteiger partial charge in [-0.15, -0.1) is 29.3 Å². The molecule has 0 aliphatic heterocycles. The van der Waals surface area contributed by atoms with Gasteiger partial charge < -0.3 is 24.8 Å². The zero-order chi connectivity index (χ0) is 17.5. The number of rotatable bonds is 2.